The second kappa shape index (κ2) is 5.61. The molecule has 1 aliphatic rings. The third-order valence-electron chi connectivity index (χ3n) is 2.34. The van der Waals surface area contributed by atoms with Crippen molar-refractivity contribution in [2.24, 2.45) is 11.7 Å². The van der Waals surface area contributed by atoms with Gasteiger partial charge in [-0.2, -0.15) is 5.06 Å². The van der Waals surface area contributed by atoms with Crippen LogP contribution >= 0.6 is 0 Å². The molecular weight excluding hydrogens is 208 g/mol. The van der Waals surface area contributed by atoms with Gasteiger partial charge in [0.15, 0.2) is 0 Å². The van der Waals surface area contributed by atoms with Crippen LogP contribution in [0.2, 0.25) is 0 Å². The van der Waals surface area contributed by atoms with Gasteiger partial charge in [-0.05, 0) is 33.6 Å². The molecule has 0 saturated carbocycles. The summed E-state index contributed by atoms with van der Waals surface area (Å²) in [6.45, 7) is 7.07. The van der Waals surface area contributed by atoms with Gasteiger partial charge >= 0.3 is 5.97 Å². The first-order chi connectivity index (χ1) is 7.42. The zero-order chi connectivity index (χ0) is 12.2. The highest BCUT2D eigenvalue weighted by Gasteiger charge is 2.28. The van der Waals surface area contributed by atoms with Crippen LogP contribution in [0.4, 0.5) is 0 Å². The Morgan fingerprint density at radius 3 is 2.81 bits per heavy atom. The van der Waals surface area contributed by atoms with Crippen molar-refractivity contribution in [1.82, 2.24) is 5.06 Å². The highest BCUT2D eigenvalue weighted by molar-refractivity contribution is 5.73. The van der Waals surface area contributed by atoms with Crippen LogP contribution < -0.4 is 5.73 Å². The molecule has 0 aromatic carbocycles. The number of nitrogens with zero attached hydrogens (tertiary/aromatic N) is 1. The van der Waals surface area contributed by atoms with Gasteiger partial charge in [-0.15, -0.1) is 0 Å². The summed E-state index contributed by atoms with van der Waals surface area (Å²) in [4.78, 5) is 17.2. The first kappa shape index (κ1) is 13.4. The molecular formula is C11H22N2O3. The number of ether oxygens (including phenoxy) is 1. The van der Waals surface area contributed by atoms with Crippen molar-refractivity contribution in [3.05, 3.63) is 0 Å². The topological polar surface area (TPSA) is 64.8 Å². The summed E-state index contributed by atoms with van der Waals surface area (Å²) < 4.78 is 5.36. The predicted molar refractivity (Wildman–Crippen MR) is 60.3 cm³/mol. The molecule has 0 aromatic rings. The molecule has 5 heteroatoms. The Morgan fingerprint density at radius 1 is 1.56 bits per heavy atom. The second-order valence-corrected chi connectivity index (χ2v) is 5.05. The zero-order valence-electron chi connectivity index (χ0n) is 10.4. The largest absolute Gasteiger partial charge is 0.460 e. The van der Waals surface area contributed by atoms with Crippen molar-refractivity contribution < 1.29 is 14.4 Å². The number of hydrogen-bond acceptors (Lipinski definition) is 5. The van der Waals surface area contributed by atoms with Crippen LogP contribution in [0.25, 0.3) is 0 Å². The Bertz CT molecular complexity index is 238. The Morgan fingerprint density at radius 2 is 2.25 bits per heavy atom. The minimum absolute atomic E-state index is 0.134. The lowest BCUT2D eigenvalue weighted by molar-refractivity contribution is -0.173. The first-order valence-electron chi connectivity index (χ1n) is 5.73. The van der Waals surface area contributed by atoms with Crippen LogP contribution in [0.5, 0.6) is 0 Å². The van der Waals surface area contributed by atoms with Gasteiger partial charge in [-0.25, -0.2) is 0 Å². The van der Waals surface area contributed by atoms with Crippen molar-refractivity contribution in [3.63, 3.8) is 0 Å². The first-order valence-corrected chi connectivity index (χ1v) is 5.73. The van der Waals surface area contributed by atoms with Gasteiger partial charge in [-0.1, -0.05) is 0 Å². The molecule has 0 radical (unpaired) electrons. The number of nitrogens with two attached hydrogens (primary N) is 1. The summed E-state index contributed by atoms with van der Waals surface area (Å²) in [6, 6.07) is 0. The zero-order valence-corrected chi connectivity index (χ0v) is 10.4. The molecule has 0 aliphatic carbocycles. The van der Waals surface area contributed by atoms with E-state index in [4.69, 9.17) is 15.3 Å². The lowest BCUT2D eigenvalue weighted by atomic mass is 10.0. The maximum Gasteiger partial charge on any atom is 0.310 e. The van der Waals surface area contributed by atoms with Gasteiger partial charge in [-0.3, -0.25) is 9.63 Å². The van der Waals surface area contributed by atoms with Crippen molar-refractivity contribution in [2.75, 3.05) is 19.8 Å². The number of esters is 1. The Labute approximate surface area is 96.8 Å². The van der Waals surface area contributed by atoms with Crippen LogP contribution in [-0.2, 0) is 14.4 Å². The van der Waals surface area contributed by atoms with E-state index in [2.05, 4.69) is 0 Å². The van der Waals surface area contributed by atoms with Crippen molar-refractivity contribution >= 4 is 5.97 Å². The number of hydroxylamine groups is 2. The Balaban J connectivity index is 2.53. The van der Waals surface area contributed by atoms with E-state index in [0.717, 1.165) is 12.8 Å². The standard InChI is InChI=1S/C11H22N2O3/c1-11(2,3)16-10(14)9-5-4-6-15-13(7-9)8-12/h9H,4-8,12H2,1-3H3. The molecule has 1 fully saturated rings. The maximum absolute atomic E-state index is 11.9. The lowest BCUT2D eigenvalue weighted by Gasteiger charge is -2.25. The third kappa shape index (κ3) is 4.47. The molecule has 1 aliphatic heterocycles. The van der Waals surface area contributed by atoms with Gasteiger partial charge in [0, 0.05) is 6.54 Å². The van der Waals surface area contributed by atoms with Crippen LogP contribution in [0.1, 0.15) is 33.6 Å². The summed E-state index contributed by atoms with van der Waals surface area (Å²) >= 11 is 0. The van der Waals surface area contributed by atoms with Crippen LogP contribution in [0.15, 0.2) is 0 Å². The predicted octanol–water partition coefficient (Wildman–Crippen LogP) is 0.888. The van der Waals surface area contributed by atoms with Gasteiger partial charge in [0.1, 0.15) is 5.60 Å². The van der Waals surface area contributed by atoms with E-state index in [1.807, 2.05) is 20.8 Å². The molecule has 1 rings (SSSR count). The smallest absolute Gasteiger partial charge is 0.310 e. The number of carbonyl (C=O) groups is 1. The van der Waals surface area contributed by atoms with Gasteiger partial charge in [0.2, 0.25) is 0 Å². The Kier molecular flexibility index (Phi) is 4.70. The van der Waals surface area contributed by atoms with Gasteiger partial charge < -0.3 is 10.5 Å². The molecule has 1 saturated heterocycles. The van der Waals surface area contributed by atoms with Crippen molar-refractivity contribution in [1.29, 1.82) is 0 Å². The molecule has 0 aromatic heterocycles. The summed E-state index contributed by atoms with van der Waals surface area (Å²) in [6.07, 6.45) is 1.66. The lowest BCUT2D eigenvalue weighted by Crippen LogP contribution is -2.37. The fourth-order valence-electron chi connectivity index (χ4n) is 1.62. The molecule has 0 amide bonds. The molecule has 0 bridgehead atoms. The molecule has 1 heterocycles. The van der Waals surface area contributed by atoms with E-state index in [1.165, 1.54) is 0 Å². The fraction of sp³-hybridized carbons (Fsp3) is 0.909. The van der Waals surface area contributed by atoms with Crippen molar-refractivity contribution in [2.45, 2.75) is 39.2 Å². The van der Waals surface area contributed by atoms with E-state index >= 15 is 0 Å². The van der Waals surface area contributed by atoms with E-state index in [0.29, 0.717) is 19.8 Å². The van der Waals surface area contributed by atoms with Gasteiger partial charge in [0.05, 0.1) is 19.2 Å². The molecule has 0 spiro atoms. The van der Waals surface area contributed by atoms with E-state index in [9.17, 15) is 4.79 Å². The minimum atomic E-state index is -0.433. The summed E-state index contributed by atoms with van der Waals surface area (Å²) in [7, 11) is 0. The van der Waals surface area contributed by atoms with E-state index < -0.39 is 5.60 Å². The molecule has 2 N–H and O–H groups in total. The quantitative estimate of drug-likeness (QED) is 0.714. The van der Waals surface area contributed by atoms with E-state index in [1.54, 1.807) is 5.06 Å². The van der Waals surface area contributed by atoms with E-state index in [-0.39, 0.29) is 11.9 Å². The summed E-state index contributed by atoms with van der Waals surface area (Å²) in [5.74, 6) is -0.290. The number of carbonyl (C=O) groups excluding carboxylic acids is 1. The SMILES string of the molecule is CC(C)(C)OC(=O)C1CCCON(CN)C1. The Hall–Kier alpha value is -0.650. The molecule has 94 valence electrons. The summed E-state index contributed by atoms with van der Waals surface area (Å²) in [5.41, 5.74) is 5.08. The molecule has 5 nitrogen and oxygen atoms in total. The van der Waals surface area contributed by atoms with Crippen LogP contribution in [0.3, 0.4) is 0 Å². The molecule has 16 heavy (non-hydrogen) atoms. The summed E-state index contributed by atoms with van der Waals surface area (Å²) in [5, 5.41) is 1.63. The second-order valence-electron chi connectivity index (χ2n) is 5.05. The maximum atomic E-state index is 11.9. The van der Waals surface area contributed by atoms with Gasteiger partial charge in [0.25, 0.3) is 0 Å². The van der Waals surface area contributed by atoms with Crippen LogP contribution in [0, 0.1) is 5.92 Å². The average Bonchev–Trinajstić information content (AvgIpc) is 2.39. The average molecular weight is 230 g/mol. The highest BCUT2D eigenvalue weighted by atomic mass is 16.7. The third-order valence-corrected chi connectivity index (χ3v) is 2.34. The number of hydrogen-bond donors (Lipinski definition) is 1. The van der Waals surface area contributed by atoms with Crippen molar-refractivity contribution in [3.8, 4) is 0 Å². The van der Waals surface area contributed by atoms with Crippen LogP contribution in [-0.4, -0.2) is 36.5 Å². The minimum Gasteiger partial charge on any atom is -0.460 e. The monoisotopic (exact) mass is 230 g/mol. The number of rotatable bonds is 2. The highest BCUT2D eigenvalue weighted by Crippen LogP contribution is 2.18. The fourth-order valence-corrected chi connectivity index (χ4v) is 1.62. The molecule has 1 atom stereocenters. The molecule has 1 unspecified atom stereocenters. The normalized spacial score (nSPS) is 23.9.